The Balaban J connectivity index is 1.59. The van der Waals surface area contributed by atoms with Crippen molar-refractivity contribution in [2.24, 2.45) is 0 Å². The van der Waals surface area contributed by atoms with Crippen LogP contribution in [0.5, 0.6) is 0 Å². The van der Waals surface area contributed by atoms with Gasteiger partial charge < -0.3 is 16.4 Å². The lowest BCUT2D eigenvalue weighted by Gasteiger charge is -2.22. The monoisotopic (exact) mass is 401 g/mol. The Kier molecular flexibility index (Phi) is 6.70. The van der Waals surface area contributed by atoms with Crippen LogP contribution in [0.3, 0.4) is 0 Å². The number of nitrogens with two attached hydrogens (primary N) is 1. The van der Waals surface area contributed by atoms with Crippen LogP contribution in [-0.4, -0.2) is 33.6 Å². The van der Waals surface area contributed by atoms with E-state index in [9.17, 15) is 14.4 Å². The Morgan fingerprint density at radius 1 is 1.18 bits per heavy atom. The summed E-state index contributed by atoms with van der Waals surface area (Å²) in [7, 11) is 0. The number of carbonyl (C=O) groups excluding carboxylic acids is 2. The fraction of sp³-hybridized carbons (Fsp3) is 0.368. The van der Waals surface area contributed by atoms with E-state index in [1.165, 1.54) is 6.42 Å². The molecule has 0 bridgehead atoms. The molecule has 2 aromatic rings. The van der Waals surface area contributed by atoms with Crippen LogP contribution in [0.25, 0.3) is 0 Å². The van der Waals surface area contributed by atoms with Crippen molar-refractivity contribution in [2.45, 2.75) is 43.3 Å². The van der Waals surface area contributed by atoms with Crippen molar-refractivity contribution in [3.05, 3.63) is 46.2 Å². The number of thioether (sulfide) groups is 1. The van der Waals surface area contributed by atoms with E-state index in [0.29, 0.717) is 5.56 Å². The molecule has 148 valence electrons. The highest BCUT2D eigenvalue weighted by molar-refractivity contribution is 7.99. The lowest BCUT2D eigenvalue weighted by Crippen LogP contribution is -2.37. The van der Waals surface area contributed by atoms with Crippen molar-refractivity contribution in [3.8, 4) is 0 Å². The number of carbonyl (C=O) groups is 2. The van der Waals surface area contributed by atoms with E-state index in [1.807, 2.05) is 0 Å². The molecule has 0 saturated heterocycles. The van der Waals surface area contributed by atoms with Crippen LogP contribution in [0.15, 0.2) is 40.3 Å². The molecule has 0 aliphatic heterocycles. The van der Waals surface area contributed by atoms with E-state index in [0.717, 1.165) is 37.4 Å². The zero-order valence-electron chi connectivity index (χ0n) is 15.4. The first kappa shape index (κ1) is 19.9. The Bertz CT molecular complexity index is 894. The minimum Gasteiger partial charge on any atom is -0.382 e. The van der Waals surface area contributed by atoms with Crippen LogP contribution in [0.1, 0.15) is 42.5 Å². The smallest absolute Gasteiger partial charge is 0.277 e. The molecule has 5 N–H and O–H groups in total. The zero-order valence-corrected chi connectivity index (χ0v) is 16.2. The van der Waals surface area contributed by atoms with Gasteiger partial charge >= 0.3 is 0 Å². The number of nitrogen functional groups attached to an aromatic ring is 1. The second-order valence-corrected chi connectivity index (χ2v) is 7.61. The van der Waals surface area contributed by atoms with Gasteiger partial charge in [-0.25, -0.2) is 4.98 Å². The van der Waals surface area contributed by atoms with Gasteiger partial charge in [0.25, 0.3) is 11.5 Å². The molecule has 1 aliphatic carbocycles. The molecule has 8 nitrogen and oxygen atoms in total. The maximum Gasteiger partial charge on any atom is 0.277 e. The summed E-state index contributed by atoms with van der Waals surface area (Å²) in [6.45, 7) is 0. The van der Waals surface area contributed by atoms with Gasteiger partial charge in [-0.3, -0.25) is 19.4 Å². The van der Waals surface area contributed by atoms with Crippen LogP contribution < -0.4 is 21.9 Å². The second kappa shape index (κ2) is 9.41. The first-order chi connectivity index (χ1) is 13.5. The number of H-pyrrole nitrogens is 1. The van der Waals surface area contributed by atoms with Gasteiger partial charge in [0.2, 0.25) is 5.91 Å². The van der Waals surface area contributed by atoms with E-state index in [-0.39, 0.29) is 34.4 Å². The summed E-state index contributed by atoms with van der Waals surface area (Å²) in [6.07, 6.45) is 5.51. The SMILES string of the molecule is Nc1nc(SCC(=O)NC2CCCCC2)[nH]c(=O)c1NC(=O)c1ccccc1. The van der Waals surface area contributed by atoms with Crippen molar-refractivity contribution in [3.63, 3.8) is 0 Å². The molecule has 9 heteroatoms. The highest BCUT2D eigenvalue weighted by atomic mass is 32.2. The molecule has 0 atom stereocenters. The molecule has 0 unspecified atom stereocenters. The van der Waals surface area contributed by atoms with Gasteiger partial charge in [-0.2, -0.15) is 0 Å². The number of aromatic amines is 1. The molecule has 1 saturated carbocycles. The molecule has 2 amide bonds. The first-order valence-corrected chi connectivity index (χ1v) is 10.2. The predicted octanol–water partition coefficient (Wildman–Crippen LogP) is 2.15. The molecular weight excluding hydrogens is 378 g/mol. The van der Waals surface area contributed by atoms with Crippen LogP contribution in [0.2, 0.25) is 0 Å². The molecule has 0 spiro atoms. The summed E-state index contributed by atoms with van der Waals surface area (Å²) in [5.41, 5.74) is 5.58. The lowest BCUT2D eigenvalue weighted by atomic mass is 9.95. The van der Waals surface area contributed by atoms with Gasteiger partial charge in [-0.15, -0.1) is 0 Å². The Morgan fingerprint density at radius 3 is 2.57 bits per heavy atom. The zero-order chi connectivity index (χ0) is 19.9. The maximum atomic E-state index is 12.3. The van der Waals surface area contributed by atoms with E-state index in [4.69, 9.17) is 5.73 Å². The number of nitrogens with zero attached hydrogens (tertiary/aromatic N) is 1. The summed E-state index contributed by atoms with van der Waals surface area (Å²) >= 11 is 1.10. The largest absolute Gasteiger partial charge is 0.382 e. The Labute approximate surface area is 166 Å². The van der Waals surface area contributed by atoms with Gasteiger partial charge in [0.15, 0.2) is 11.0 Å². The van der Waals surface area contributed by atoms with E-state index in [2.05, 4.69) is 20.6 Å². The van der Waals surface area contributed by atoms with Gasteiger partial charge in [0.05, 0.1) is 5.75 Å². The third kappa shape index (κ3) is 5.35. The number of rotatable bonds is 6. The van der Waals surface area contributed by atoms with E-state index < -0.39 is 11.5 Å². The Hall–Kier alpha value is -2.81. The lowest BCUT2D eigenvalue weighted by molar-refractivity contribution is -0.119. The second-order valence-electron chi connectivity index (χ2n) is 6.64. The maximum absolute atomic E-state index is 12.3. The standard InChI is InChI=1S/C19H23N5O3S/c20-16-15(22-17(26)12-7-3-1-4-8-12)18(27)24-19(23-16)28-11-14(25)21-13-9-5-2-6-10-13/h1,3-4,7-8,13H,2,5-6,9-11H2,(H,21,25)(H,22,26)(H3,20,23,24,27). The summed E-state index contributed by atoms with van der Waals surface area (Å²) < 4.78 is 0. The minimum atomic E-state index is -0.563. The van der Waals surface area contributed by atoms with Gasteiger partial charge in [-0.05, 0) is 25.0 Å². The molecule has 1 heterocycles. The summed E-state index contributed by atoms with van der Waals surface area (Å²) in [6, 6.07) is 8.72. The number of hydrogen-bond acceptors (Lipinski definition) is 6. The summed E-state index contributed by atoms with van der Waals surface area (Å²) in [5, 5.41) is 5.72. The fourth-order valence-electron chi connectivity index (χ4n) is 3.08. The van der Waals surface area contributed by atoms with Crippen molar-refractivity contribution < 1.29 is 9.59 Å². The molecule has 0 radical (unpaired) electrons. The van der Waals surface area contributed by atoms with Crippen LogP contribution in [0.4, 0.5) is 11.5 Å². The number of aromatic nitrogens is 2. The van der Waals surface area contributed by atoms with Gasteiger partial charge in [0, 0.05) is 11.6 Å². The van der Waals surface area contributed by atoms with Crippen LogP contribution in [-0.2, 0) is 4.79 Å². The van der Waals surface area contributed by atoms with Crippen LogP contribution >= 0.6 is 11.8 Å². The Morgan fingerprint density at radius 2 is 1.89 bits per heavy atom. The van der Waals surface area contributed by atoms with Crippen molar-refractivity contribution in [1.29, 1.82) is 0 Å². The highest BCUT2D eigenvalue weighted by Crippen LogP contribution is 2.19. The first-order valence-electron chi connectivity index (χ1n) is 9.21. The van der Waals surface area contributed by atoms with E-state index >= 15 is 0 Å². The number of anilines is 2. The number of nitrogens with one attached hydrogen (secondary N) is 3. The van der Waals surface area contributed by atoms with Crippen molar-refractivity contribution in [2.75, 3.05) is 16.8 Å². The molecule has 1 fully saturated rings. The number of hydrogen-bond donors (Lipinski definition) is 4. The molecule has 1 aromatic carbocycles. The summed E-state index contributed by atoms with van der Waals surface area (Å²) in [5.74, 6) is -0.510. The molecule has 1 aliphatic rings. The van der Waals surface area contributed by atoms with Crippen LogP contribution in [0, 0.1) is 0 Å². The molecule has 1 aromatic heterocycles. The number of benzene rings is 1. The average Bonchev–Trinajstić information content (AvgIpc) is 2.70. The third-order valence-electron chi connectivity index (χ3n) is 4.51. The molecule has 3 rings (SSSR count). The predicted molar refractivity (Wildman–Crippen MR) is 109 cm³/mol. The topological polar surface area (TPSA) is 130 Å². The van der Waals surface area contributed by atoms with Crippen molar-refractivity contribution in [1.82, 2.24) is 15.3 Å². The minimum absolute atomic E-state index is 0.0942. The van der Waals surface area contributed by atoms with Crippen molar-refractivity contribution >= 4 is 35.1 Å². The van der Waals surface area contributed by atoms with E-state index in [1.54, 1.807) is 30.3 Å². The highest BCUT2D eigenvalue weighted by Gasteiger charge is 2.17. The third-order valence-corrected chi connectivity index (χ3v) is 5.38. The average molecular weight is 401 g/mol. The number of amides is 2. The van der Waals surface area contributed by atoms with Gasteiger partial charge in [-0.1, -0.05) is 49.2 Å². The molecule has 28 heavy (non-hydrogen) atoms. The molecular formula is C19H23N5O3S. The quantitative estimate of drug-likeness (QED) is 0.433. The van der Waals surface area contributed by atoms with Gasteiger partial charge in [0.1, 0.15) is 5.69 Å². The normalized spacial score (nSPS) is 14.4. The fourth-order valence-corrected chi connectivity index (χ4v) is 3.76. The summed E-state index contributed by atoms with van der Waals surface area (Å²) in [4.78, 5) is 43.2.